The number of likely N-dealkylation sites (N-methyl/N-ethyl adjacent to an activating group) is 1. The average Bonchev–Trinajstić information content (AvgIpc) is 2.38. The number of hydrogen-bond donors (Lipinski definition) is 2. The molecule has 6 nitrogen and oxygen atoms in total. The van der Waals surface area contributed by atoms with Crippen LogP contribution in [-0.2, 0) is 4.79 Å². The molecule has 0 bridgehead atoms. The van der Waals surface area contributed by atoms with Gasteiger partial charge in [-0.05, 0) is 12.1 Å². The zero-order chi connectivity index (χ0) is 14.4. The van der Waals surface area contributed by atoms with Gasteiger partial charge in [-0.25, -0.2) is 9.78 Å². The molecule has 0 aliphatic rings. The molecule has 1 amide bonds. The molecule has 0 aliphatic heterocycles. The van der Waals surface area contributed by atoms with E-state index in [1.54, 1.807) is 24.1 Å². The third-order valence-corrected chi connectivity index (χ3v) is 2.62. The zero-order valence-electron chi connectivity index (χ0n) is 11.4. The van der Waals surface area contributed by atoms with Crippen molar-refractivity contribution in [2.45, 2.75) is 13.8 Å². The number of carbonyl (C=O) groups excluding carboxylic acids is 1. The maximum absolute atomic E-state index is 11.4. The van der Waals surface area contributed by atoms with Crippen LogP contribution in [0.5, 0.6) is 0 Å². The van der Waals surface area contributed by atoms with Crippen LogP contribution in [0.15, 0.2) is 18.2 Å². The van der Waals surface area contributed by atoms with Crippen molar-refractivity contribution < 1.29 is 14.7 Å². The fourth-order valence-electron chi connectivity index (χ4n) is 1.42. The van der Waals surface area contributed by atoms with Crippen LogP contribution in [0.4, 0.5) is 5.82 Å². The van der Waals surface area contributed by atoms with Crippen molar-refractivity contribution in [2.24, 2.45) is 5.92 Å². The van der Waals surface area contributed by atoms with Crippen molar-refractivity contribution in [3.05, 3.63) is 23.9 Å². The van der Waals surface area contributed by atoms with Gasteiger partial charge in [0.25, 0.3) is 0 Å². The molecule has 1 rings (SSSR count). The molecule has 19 heavy (non-hydrogen) atoms. The maximum Gasteiger partial charge on any atom is 0.354 e. The first-order valence-electron chi connectivity index (χ1n) is 6.11. The minimum absolute atomic E-state index is 0.000598. The molecule has 0 atom stereocenters. The normalized spacial score (nSPS) is 10.3. The number of pyridine rings is 1. The number of anilines is 1. The summed E-state index contributed by atoms with van der Waals surface area (Å²) in [6.07, 6.45) is 0. The van der Waals surface area contributed by atoms with Gasteiger partial charge in [0.05, 0.1) is 0 Å². The maximum atomic E-state index is 11.4. The lowest BCUT2D eigenvalue weighted by atomic mass is 10.2. The van der Waals surface area contributed by atoms with Gasteiger partial charge in [-0.3, -0.25) is 4.79 Å². The molecule has 1 aromatic heterocycles. The Kier molecular flexibility index (Phi) is 5.29. The number of hydrogen-bond acceptors (Lipinski definition) is 4. The molecule has 0 fully saturated rings. The van der Waals surface area contributed by atoms with Gasteiger partial charge in [-0.2, -0.15) is 0 Å². The first-order valence-corrected chi connectivity index (χ1v) is 6.11. The topological polar surface area (TPSA) is 82.5 Å². The highest BCUT2D eigenvalue weighted by molar-refractivity contribution is 5.85. The SMILES string of the molecule is CC(C)C(=O)NCCN(C)c1cccc(C(=O)O)n1. The molecule has 0 aromatic carbocycles. The summed E-state index contributed by atoms with van der Waals surface area (Å²) in [5, 5.41) is 11.7. The first kappa shape index (κ1) is 14.9. The predicted octanol–water partition coefficient (Wildman–Crippen LogP) is 0.988. The van der Waals surface area contributed by atoms with Crippen molar-refractivity contribution >= 4 is 17.7 Å². The summed E-state index contributed by atoms with van der Waals surface area (Å²) in [5.41, 5.74) is 0.00978. The van der Waals surface area contributed by atoms with E-state index in [9.17, 15) is 9.59 Å². The average molecular weight is 265 g/mol. The molecule has 0 spiro atoms. The van der Waals surface area contributed by atoms with E-state index in [2.05, 4.69) is 10.3 Å². The minimum atomic E-state index is -1.05. The minimum Gasteiger partial charge on any atom is -0.477 e. The van der Waals surface area contributed by atoms with E-state index >= 15 is 0 Å². The van der Waals surface area contributed by atoms with Crippen LogP contribution < -0.4 is 10.2 Å². The van der Waals surface area contributed by atoms with Gasteiger partial charge >= 0.3 is 5.97 Å². The number of carbonyl (C=O) groups is 2. The van der Waals surface area contributed by atoms with E-state index in [1.807, 2.05) is 13.8 Å². The Bertz CT molecular complexity index is 460. The van der Waals surface area contributed by atoms with Crippen LogP contribution in [0.3, 0.4) is 0 Å². The lowest BCUT2D eigenvalue weighted by Crippen LogP contribution is -2.35. The molecule has 2 N–H and O–H groups in total. The molecule has 1 heterocycles. The van der Waals surface area contributed by atoms with Gasteiger partial charge in [0.2, 0.25) is 5.91 Å². The zero-order valence-corrected chi connectivity index (χ0v) is 11.4. The molecule has 0 saturated carbocycles. The van der Waals surface area contributed by atoms with Crippen LogP contribution in [0, 0.1) is 5.92 Å². The molecule has 0 saturated heterocycles. The Balaban J connectivity index is 2.54. The third kappa shape index (κ3) is 4.57. The number of carboxylic acids is 1. The standard InChI is InChI=1S/C13H19N3O3/c1-9(2)12(17)14-7-8-16(3)11-6-4-5-10(15-11)13(18)19/h4-6,9H,7-8H2,1-3H3,(H,14,17)(H,18,19). The van der Waals surface area contributed by atoms with Crippen LogP contribution in [0.2, 0.25) is 0 Å². The molecule has 0 aliphatic carbocycles. The summed E-state index contributed by atoms with van der Waals surface area (Å²) in [7, 11) is 1.80. The van der Waals surface area contributed by atoms with E-state index < -0.39 is 5.97 Å². The summed E-state index contributed by atoms with van der Waals surface area (Å²) in [4.78, 5) is 28.0. The summed E-state index contributed by atoms with van der Waals surface area (Å²) in [6.45, 7) is 4.72. The van der Waals surface area contributed by atoms with Crippen LogP contribution in [0.25, 0.3) is 0 Å². The van der Waals surface area contributed by atoms with Crippen molar-refractivity contribution in [1.82, 2.24) is 10.3 Å². The van der Waals surface area contributed by atoms with Crippen molar-refractivity contribution in [1.29, 1.82) is 0 Å². The van der Waals surface area contributed by atoms with Gasteiger partial charge in [0.1, 0.15) is 5.82 Å². The summed E-state index contributed by atoms with van der Waals surface area (Å²) in [5.74, 6) is -0.526. The van der Waals surface area contributed by atoms with E-state index in [-0.39, 0.29) is 17.5 Å². The van der Waals surface area contributed by atoms with E-state index in [0.29, 0.717) is 18.9 Å². The quantitative estimate of drug-likeness (QED) is 0.801. The smallest absolute Gasteiger partial charge is 0.354 e. The Morgan fingerprint density at radius 1 is 1.42 bits per heavy atom. The second kappa shape index (κ2) is 6.72. The van der Waals surface area contributed by atoms with Gasteiger partial charge in [-0.1, -0.05) is 19.9 Å². The number of aromatic carboxylic acids is 1. The Morgan fingerprint density at radius 2 is 2.11 bits per heavy atom. The monoisotopic (exact) mass is 265 g/mol. The highest BCUT2D eigenvalue weighted by atomic mass is 16.4. The fraction of sp³-hybridized carbons (Fsp3) is 0.462. The van der Waals surface area contributed by atoms with E-state index in [0.717, 1.165) is 0 Å². The van der Waals surface area contributed by atoms with E-state index in [1.165, 1.54) is 6.07 Å². The predicted molar refractivity (Wildman–Crippen MR) is 72.3 cm³/mol. The molecule has 0 radical (unpaired) electrons. The Morgan fingerprint density at radius 3 is 2.68 bits per heavy atom. The van der Waals surface area contributed by atoms with Crippen molar-refractivity contribution in [3.8, 4) is 0 Å². The van der Waals surface area contributed by atoms with Crippen molar-refractivity contribution in [2.75, 3.05) is 25.0 Å². The van der Waals surface area contributed by atoms with Gasteiger partial charge in [0.15, 0.2) is 5.69 Å². The molecule has 0 unspecified atom stereocenters. The van der Waals surface area contributed by atoms with Crippen LogP contribution in [0.1, 0.15) is 24.3 Å². The number of aromatic nitrogens is 1. The molecule has 1 aromatic rings. The molecule has 104 valence electrons. The second-order valence-corrected chi connectivity index (χ2v) is 4.55. The molecular weight excluding hydrogens is 246 g/mol. The number of carboxylic acid groups (broad SMARTS) is 1. The third-order valence-electron chi connectivity index (χ3n) is 2.62. The highest BCUT2D eigenvalue weighted by Crippen LogP contribution is 2.09. The molecule has 6 heteroatoms. The summed E-state index contributed by atoms with van der Waals surface area (Å²) >= 11 is 0. The first-order chi connectivity index (χ1) is 8.91. The van der Waals surface area contributed by atoms with E-state index in [4.69, 9.17) is 5.11 Å². The Hall–Kier alpha value is -2.11. The second-order valence-electron chi connectivity index (χ2n) is 4.55. The summed E-state index contributed by atoms with van der Waals surface area (Å²) < 4.78 is 0. The highest BCUT2D eigenvalue weighted by Gasteiger charge is 2.09. The molecular formula is C13H19N3O3. The van der Waals surface area contributed by atoms with Gasteiger partial charge in [-0.15, -0.1) is 0 Å². The largest absolute Gasteiger partial charge is 0.477 e. The lowest BCUT2D eigenvalue weighted by molar-refractivity contribution is -0.123. The Labute approximate surface area is 112 Å². The van der Waals surface area contributed by atoms with Gasteiger partial charge in [0, 0.05) is 26.1 Å². The van der Waals surface area contributed by atoms with Crippen molar-refractivity contribution in [3.63, 3.8) is 0 Å². The number of nitrogens with one attached hydrogen (secondary N) is 1. The number of amides is 1. The number of nitrogens with zero attached hydrogens (tertiary/aromatic N) is 2. The summed E-state index contributed by atoms with van der Waals surface area (Å²) in [6, 6.07) is 4.83. The number of rotatable bonds is 6. The lowest BCUT2D eigenvalue weighted by Gasteiger charge is -2.19. The van der Waals surface area contributed by atoms with Crippen LogP contribution >= 0.6 is 0 Å². The van der Waals surface area contributed by atoms with Gasteiger partial charge < -0.3 is 15.3 Å². The fourth-order valence-corrected chi connectivity index (χ4v) is 1.42. The van der Waals surface area contributed by atoms with Crippen LogP contribution in [-0.4, -0.2) is 42.1 Å².